The predicted octanol–water partition coefficient (Wildman–Crippen LogP) is 1.38. The second-order valence-electron chi connectivity index (χ2n) is 4.02. The monoisotopic (exact) mass is 268 g/mol. The molecule has 0 fully saturated rings. The topological polar surface area (TPSA) is 75.1 Å². The Morgan fingerprint density at radius 1 is 1.42 bits per heavy atom. The summed E-state index contributed by atoms with van der Waals surface area (Å²) in [6, 6.07) is 2.76. The zero-order valence-electron chi connectivity index (χ0n) is 9.91. The quantitative estimate of drug-likeness (QED) is 0.883. The zero-order valence-corrected chi connectivity index (χ0v) is 9.91. The summed E-state index contributed by atoms with van der Waals surface area (Å²) in [4.78, 5) is 22.6. The summed E-state index contributed by atoms with van der Waals surface area (Å²) in [6.45, 7) is 1.51. The van der Waals surface area contributed by atoms with Crippen molar-refractivity contribution in [3.05, 3.63) is 51.4 Å². The number of nitrogens with one attached hydrogen (secondary N) is 1. The maximum Gasteiger partial charge on any atom is 0.308 e. The van der Waals surface area contributed by atoms with E-state index in [1.165, 1.54) is 6.92 Å². The van der Waals surface area contributed by atoms with Gasteiger partial charge < -0.3 is 5.11 Å². The highest BCUT2D eigenvalue weighted by atomic mass is 19.1. The fraction of sp³-hybridized carbons (Fsp3) is 0.167. The summed E-state index contributed by atoms with van der Waals surface area (Å²) >= 11 is 0. The largest absolute Gasteiger partial charge is 0.481 e. The molecule has 19 heavy (non-hydrogen) atoms. The van der Waals surface area contributed by atoms with Crippen LogP contribution in [0, 0.1) is 18.6 Å². The molecule has 0 saturated carbocycles. The molecule has 1 heterocycles. The number of carboxylic acid groups (broad SMARTS) is 1. The van der Waals surface area contributed by atoms with Crippen LogP contribution < -0.4 is 5.56 Å². The predicted molar refractivity (Wildman–Crippen MR) is 62.4 cm³/mol. The number of nitrogens with zero attached hydrogens (tertiary/aromatic N) is 1. The molecular formula is C12H10F2N2O3. The molecule has 0 aliphatic carbocycles. The minimum absolute atomic E-state index is 0.0382. The van der Waals surface area contributed by atoms with Crippen molar-refractivity contribution >= 4 is 5.97 Å². The summed E-state index contributed by atoms with van der Waals surface area (Å²) < 4.78 is 27.3. The molecule has 0 aliphatic rings. The molecule has 0 amide bonds. The Morgan fingerprint density at radius 3 is 2.68 bits per heavy atom. The van der Waals surface area contributed by atoms with Crippen LogP contribution in [0.5, 0.6) is 0 Å². The Kier molecular flexibility index (Phi) is 3.20. The molecule has 1 aromatic heterocycles. The standard InChI is InChI=1S/C12H10F2N2O3/c1-6-8(5-11(17)18)12(19)16(15-6)10-3-2-7(13)4-9(10)14/h2-4,15H,5H2,1H3,(H,17,18). The smallest absolute Gasteiger partial charge is 0.308 e. The van der Waals surface area contributed by atoms with Gasteiger partial charge in [0.05, 0.1) is 12.0 Å². The van der Waals surface area contributed by atoms with Gasteiger partial charge in [0.2, 0.25) is 0 Å². The number of benzene rings is 1. The third kappa shape index (κ3) is 2.40. The van der Waals surface area contributed by atoms with Gasteiger partial charge in [-0.05, 0) is 19.1 Å². The first-order valence-electron chi connectivity index (χ1n) is 5.38. The van der Waals surface area contributed by atoms with Crippen LogP contribution in [0.1, 0.15) is 11.3 Å². The average Bonchev–Trinajstić information content (AvgIpc) is 2.57. The van der Waals surface area contributed by atoms with E-state index in [2.05, 4.69) is 5.10 Å². The molecule has 5 nitrogen and oxygen atoms in total. The summed E-state index contributed by atoms with van der Waals surface area (Å²) in [5, 5.41) is 11.3. The summed E-state index contributed by atoms with van der Waals surface area (Å²) in [6.07, 6.45) is -0.461. The van der Waals surface area contributed by atoms with Gasteiger partial charge in [-0.1, -0.05) is 0 Å². The van der Waals surface area contributed by atoms with Crippen LogP contribution in [0.25, 0.3) is 5.69 Å². The molecule has 0 aliphatic heterocycles. The lowest BCUT2D eigenvalue weighted by Crippen LogP contribution is -2.20. The Balaban J connectivity index is 2.58. The van der Waals surface area contributed by atoms with Gasteiger partial charge in [0.1, 0.15) is 11.5 Å². The fourth-order valence-corrected chi connectivity index (χ4v) is 1.77. The molecule has 1 aromatic carbocycles. The van der Waals surface area contributed by atoms with Crippen molar-refractivity contribution in [2.45, 2.75) is 13.3 Å². The molecule has 0 atom stereocenters. The number of carboxylic acids is 1. The maximum atomic E-state index is 13.6. The van der Waals surface area contributed by atoms with Gasteiger partial charge in [-0.25, -0.2) is 13.5 Å². The lowest BCUT2D eigenvalue weighted by molar-refractivity contribution is -0.136. The second kappa shape index (κ2) is 4.68. The molecule has 0 radical (unpaired) electrons. The molecule has 100 valence electrons. The minimum Gasteiger partial charge on any atom is -0.481 e. The van der Waals surface area contributed by atoms with E-state index in [9.17, 15) is 18.4 Å². The molecule has 0 bridgehead atoms. The molecule has 2 aromatic rings. The number of carbonyl (C=O) groups is 1. The van der Waals surface area contributed by atoms with Crippen LogP contribution in [-0.4, -0.2) is 20.9 Å². The van der Waals surface area contributed by atoms with Crippen LogP contribution in [0.2, 0.25) is 0 Å². The van der Waals surface area contributed by atoms with Gasteiger partial charge in [0.15, 0.2) is 5.82 Å². The first-order valence-corrected chi connectivity index (χ1v) is 5.38. The van der Waals surface area contributed by atoms with E-state index in [4.69, 9.17) is 5.11 Å². The van der Waals surface area contributed by atoms with Gasteiger partial charge >= 0.3 is 5.97 Å². The van der Waals surface area contributed by atoms with Crippen molar-refractivity contribution in [3.63, 3.8) is 0 Å². The van der Waals surface area contributed by atoms with Gasteiger partial charge in [0, 0.05) is 11.8 Å². The number of aromatic amines is 1. The third-order valence-electron chi connectivity index (χ3n) is 2.67. The van der Waals surface area contributed by atoms with Gasteiger partial charge in [-0.3, -0.25) is 14.7 Å². The number of halogens is 2. The summed E-state index contributed by atoms with van der Waals surface area (Å²) in [5.74, 6) is -2.83. The van der Waals surface area contributed by atoms with Crippen LogP contribution >= 0.6 is 0 Å². The van der Waals surface area contributed by atoms with Crippen LogP contribution in [-0.2, 0) is 11.2 Å². The van der Waals surface area contributed by atoms with Gasteiger partial charge in [-0.15, -0.1) is 0 Å². The Hall–Kier alpha value is -2.44. The number of aliphatic carboxylic acids is 1. The van der Waals surface area contributed by atoms with E-state index in [1.807, 2.05) is 0 Å². The van der Waals surface area contributed by atoms with Crippen molar-refractivity contribution in [1.82, 2.24) is 9.78 Å². The van der Waals surface area contributed by atoms with Gasteiger partial charge in [0.25, 0.3) is 5.56 Å². The van der Waals surface area contributed by atoms with Crippen molar-refractivity contribution in [2.24, 2.45) is 0 Å². The van der Waals surface area contributed by atoms with E-state index in [1.54, 1.807) is 0 Å². The Morgan fingerprint density at radius 2 is 2.11 bits per heavy atom. The number of aromatic nitrogens is 2. The number of hydrogen-bond donors (Lipinski definition) is 2. The minimum atomic E-state index is -1.16. The first-order chi connectivity index (χ1) is 8.90. The van der Waals surface area contributed by atoms with E-state index >= 15 is 0 Å². The lowest BCUT2D eigenvalue weighted by Gasteiger charge is -2.02. The zero-order chi connectivity index (χ0) is 14.2. The lowest BCUT2D eigenvalue weighted by atomic mass is 10.2. The average molecular weight is 268 g/mol. The van der Waals surface area contributed by atoms with Crippen LogP contribution in [0.15, 0.2) is 23.0 Å². The number of aryl methyl sites for hydroxylation is 1. The Labute approximate surface area is 106 Å². The molecule has 7 heteroatoms. The second-order valence-corrected chi connectivity index (χ2v) is 4.02. The number of hydrogen-bond acceptors (Lipinski definition) is 2. The van der Waals surface area contributed by atoms with Crippen molar-refractivity contribution < 1.29 is 18.7 Å². The number of H-pyrrole nitrogens is 1. The maximum absolute atomic E-state index is 13.6. The first kappa shape index (κ1) is 13.0. The molecule has 2 rings (SSSR count). The van der Waals surface area contributed by atoms with Crippen molar-refractivity contribution in [1.29, 1.82) is 0 Å². The molecule has 2 N–H and O–H groups in total. The number of rotatable bonds is 3. The SMILES string of the molecule is Cc1[nH]n(-c2ccc(F)cc2F)c(=O)c1CC(=O)O. The van der Waals surface area contributed by atoms with E-state index < -0.39 is 29.6 Å². The molecular weight excluding hydrogens is 258 g/mol. The highest BCUT2D eigenvalue weighted by molar-refractivity contribution is 5.70. The van der Waals surface area contributed by atoms with Crippen molar-refractivity contribution in [3.8, 4) is 5.69 Å². The Bertz CT molecular complexity index is 703. The van der Waals surface area contributed by atoms with E-state index in [0.717, 1.165) is 16.8 Å². The summed E-state index contributed by atoms with van der Waals surface area (Å²) in [5.41, 5.74) is -0.455. The highest BCUT2D eigenvalue weighted by Gasteiger charge is 2.17. The summed E-state index contributed by atoms with van der Waals surface area (Å²) in [7, 11) is 0. The highest BCUT2D eigenvalue weighted by Crippen LogP contribution is 2.13. The van der Waals surface area contributed by atoms with E-state index in [-0.39, 0.29) is 11.3 Å². The molecule has 0 spiro atoms. The van der Waals surface area contributed by atoms with Gasteiger partial charge in [-0.2, -0.15) is 0 Å². The van der Waals surface area contributed by atoms with Crippen molar-refractivity contribution in [2.75, 3.05) is 0 Å². The fourth-order valence-electron chi connectivity index (χ4n) is 1.77. The molecule has 0 saturated heterocycles. The van der Waals surface area contributed by atoms with Crippen LogP contribution in [0.3, 0.4) is 0 Å². The third-order valence-corrected chi connectivity index (χ3v) is 2.67. The van der Waals surface area contributed by atoms with Crippen LogP contribution in [0.4, 0.5) is 8.78 Å². The normalized spacial score (nSPS) is 10.7. The molecule has 0 unspecified atom stereocenters. The van der Waals surface area contributed by atoms with E-state index in [0.29, 0.717) is 11.8 Å².